The van der Waals surface area contributed by atoms with E-state index in [0.717, 1.165) is 121 Å². The van der Waals surface area contributed by atoms with Crippen molar-refractivity contribution < 1.29 is 9.90 Å². The third-order valence-electron chi connectivity index (χ3n) is 10.8. The highest BCUT2D eigenvalue weighted by Crippen LogP contribution is 2.38. The molecule has 57 heavy (non-hydrogen) atoms. The molecular weight excluding hydrogens is 701 g/mol. The summed E-state index contributed by atoms with van der Waals surface area (Å²) in [6.07, 6.45) is 13.4. The number of nitrogens with one attached hydrogen (secondary N) is 2. The molecule has 0 aliphatic carbocycles. The van der Waals surface area contributed by atoms with E-state index in [1.54, 1.807) is 0 Å². The molecule has 3 aromatic heterocycles. The normalized spacial score (nSPS) is 11.9. The Morgan fingerprint density at radius 2 is 0.772 bits per heavy atom. The van der Waals surface area contributed by atoms with Gasteiger partial charge in [-0.2, -0.15) is 0 Å². The van der Waals surface area contributed by atoms with E-state index in [2.05, 4.69) is 156 Å². The number of carboxylic acid groups (broad SMARTS) is 1. The summed E-state index contributed by atoms with van der Waals surface area (Å²) in [6.45, 7) is 0. The van der Waals surface area contributed by atoms with E-state index < -0.39 is 5.97 Å². The van der Waals surface area contributed by atoms with Crippen LogP contribution < -0.4 is 0 Å². The average Bonchev–Trinajstić information content (AvgIpc) is 4.09. The van der Waals surface area contributed by atoms with Crippen LogP contribution in [0.1, 0.15) is 60.4 Å². The van der Waals surface area contributed by atoms with Gasteiger partial charge in [0.25, 0.3) is 0 Å². The fourth-order valence-electron chi connectivity index (χ4n) is 8.03. The van der Waals surface area contributed by atoms with Crippen molar-refractivity contribution in [3.63, 3.8) is 0 Å². The molecule has 8 bridgehead atoms. The summed E-state index contributed by atoms with van der Waals surface area (Å²) < 4.78 is 0. The molecule has 0 radical (unpaired) electrons. The van der Waals surface area contributed by atoms with Gasteiger partial charge in [-0.05, 0) is 95.6 Å². The Labute approximate surface area is 332 Å². The number of hydrogen-bond acceptors (Lipinski definition) is 3. The summed E-state index contributed by atoms with van der Waals surface area (Å²) in [5.41, 5.74) is 17.1. The van der Waals surface area contributed by atoms with E-state index in [1.165, 1.54) is 5.56 Å². The van der Waals surface area contributed by atoms with E-state index in [4.69, 9.17) is 15.1 Å². The minimum Gasteiger partial charge on any atom is -0.481 e. The Bertz CT molecular complexity index is 2760. The number of carboxylic acids is 1. The predicted octanol–water partition coefficient (Wildman–Crippen LogP) is 12.9. The lowest BCUT2D eigenvalue weighted by Crippen LogP contribution is -1.94. The molecule has 6 nitrogen and oxygen atoms in total. The topological polar surface area (TPSA) is 94.7 Å². The van der Waals surface area contributed by atoms with Gasteiger partial charge >= 0.3 is 5.97 Å². The fourth-order valence-corrected chi connectivity index (χ4v) is 8.03. The van der Waals surface area contributed by atoms with Crippen molar-refractivity contribution >= 4 is 52.3 Å². The lowest BCUT2D eigenvalue weighted by atomic mass is 9.99. The quantitative estimate of drug-likeness (QED) is 0.115. The lowest BCUT2D eigenvalue weighted by Gasteiger charge is -2.08. The second-order valence-electron chi connectivity index (χ2n) is 14.6. The maximum atomic E-state index is 10.9. The van der Waals surface area contributed by atoms with Crippen LogP contribution in [0.15, 0.2) is 140 Å². The van der Waals surface area contributed by atoms with Gasteiger partial charge in [0, 0.05) is 50.7 Å². The highest BCUT2D eigenvalue weighted by atomic mass is 16.4. The van der Waals surface area contributed by atoms with Crippen molar-refractivity contribution in [2.24, 2.45) is 0 Å². The summed E-state index contributed by atoms with van der Waals surface area (Å²) >= 11 is 0. The molecule has 0 saturated heterocycles. The first-order valence-corrected chi connectivity index (χ1v) is 19.7. The molecule has 0 saturated carbocycles. The van der Waals surface area contributed by atoms with Crippen LogP contribution in [0.2, 0.25) is 0 Å². The highest BCUT2D eigenvalue weighted by Gasteiger charge is 2.19. The smallest absolute Gasteiger partial charge is 0.303 e. The Hall–Kier alpha value is -7.05. The number of fused-ring (bicyclic) bond motifs is 8. The molecule has 0 unspecified atom stereocenters. The number of nitrogens with zero attached hydrogens (tertiary/aromatic N) is 2. The molecule has 6 heteroatoms. The Balaban J connectivity index is 1.29. The molecule has 2 aliphatic heterocycles. The van der Waals surface area contributed by atoms with Gasteiger partial charge in [0.05, 0.1) is 22.8 Å². The summed E-state index contributed by atoms with van der Waals surface area (Å²) in [6, 6.07) is 48.9. The molecule has 278 valence electrons. The number of aliphatic carboxylic acids is 1. The lowest BCUT2D eigenvalue weighted by molar-refractivity contribution is -0.137. The molecule has 9 rings (SSSR count). The molecule has 3 N–H and O–H groups in total. The van der Waals surface area contributed by atoms with Crippen LogP contribution >= 0.6 is 0 Å². The second-order valence-corrected chi connectivity index (χ2v) is 14.6. The standard InChI is InChI=1S/C51H42N4O2/c56-47(57)21-13-2-1-6-14-34-22-24-38(25-23-34)51-45-32-30-43(54-45)49(36-17-9-4-10-18-36)41-28-26-39(52-41)48(35-15-7-3-8-16-35)40-27-29-42(53-40)50(37-19-11-5-12-20-37)44-31-33-46(51)55-44/h3-5,7-12,15-20,22-33,52,55H,1-2,6,13-14,21H2,(H,56,57). The summed E-state index contributed by atoms with van der Waals surface area (Å²) in [7, 11) is 0. The van der Waals surface area contributed by atoms with E-state index in [9.17, 15) is 4.79 Å². The molecule has 0 spiro atoms. The number of rotatable bonds is 11. The van der Waals surface area contributed by atoms with Crippen LogP contribution in [0.5, 0.6) is 0 Å². The molecule has 5 heterocycles. The zero-order chi connectivity index (χ0) is 38.6. The largest absolute Gasteiger partial charge is 0.481 e. The van der Waals surface area contributed by atoms with Gasteiger partial charge in [-0.25, -0.2) is 9.97 Å². The number of aryl methyl sites for hydroxylation is 1. The Morgan fingerprint density at radius 1 is 0.421 bits per heavy atom. The highest BCUT2D eigenvalue weighted by molar-refractivity contribution is 5.99. The molecule has 0 atom stereocenters. The van der Waals surface area contributed by atoms with Crippen molar-refractivity contribution in [3.8, 4) is 44.5 Å². The number of carbonyl (C=O) groups is 1. The van der Waals surface area contributed by atoms with Gasteiger partial charge in [-0.1, -0.05) is 128 Å². The molecule has 4 aromatic carbocycles. The van der Waals surface area contributed by atoms with Crippen molar-refractivity contribution in [3.05, 3.63) is 168 Å². The molecule has 0 amide bonds. The molecule has 2 aliphatic rings. The van der Waals surface area contributed by atoms with Crippen molar-refractivity contribution in [2.45, 2.75) is 38.5 Å². The average molecular weight is 743 g/mol. The van der Waals surface area contributed by atoms with Crippen LogP contribution in [0.25, 0.3) is 90.9 Å². The number of hydrogen-bond donors (Lipinski definition) is 3. The maximum Gasteiger partial charge on any atom is 0.303 e. The third kappa shape index (κ3) is 7.50. The zero-order valence-corrected chi connectivity index (χ0v) is 31.6. The third-order valence-corrected chi connectivity index (χ3v) is 10.8. The minimum atomic E-state index is -0.720. The monoisotopic (exact) mass is 742 g/mol. The number of aromatic nitrogens is 4. The number of unbranched alkanes of at least 4 members (excludes halogenated alkanes) is 3. The van der Waals surface area contributed by atoms with Crippen molar-refractivity contribution in [2.75, 3.05) is 0 Å². The minimum absolute atomic E-state index is 0.241. The predicted molar refractivity (Wildman–Crippen MR) is 235 cm³/mol. The van der Waals surface area contributed by atoms with Crippen LogP contribution in [0, 0.1) is 0 Å². The van der Waals surface area contributed by atoms with Gasteiger partial charge in [0.1, 0.15) is 0 Å². The SMILES string of the molecule is O=C(O)CCCCCCc1ccc(-c2c3nc(c(-c4ccccc4)c4ccc([nH]4)c(-c4ccccc4)c4nc(c(-c5ccccc5)c5ccc2[nH]5)C=C4)C=C3)cc1. The van der Waals surface area contributed by atoms with Crippen molar-refractivity contribution in [1.29, 1.82) is 0 Å². The van der Waals surface area contributed by atoms with Gasteiger partial charge in [0.2, 0.25) is 0 Å². The fraction of sp³-hybridized carbons (Fsp3) is 0.118. The van der Waals surface area contributed by atoms with Crippen LogP contribution in [0.4, 0.5) is 0 Å². The second kappa shape index (κ2) is 16.0. The number of aromatic amines is 2. The summed E-state index contributed by atoms with van der Waals surface area (Å²) in [5, 5.41) is 8.97. The van der Waals surface area contributed by atoms with E-state index in [1.807, 2.05) is 18.2 Å². The number of benzene rings is 4. The first kappa shape index (κ1) is 35.6. The Kier molecular flexibility index (Phi) is 9.98. The van der Waals surface area contributed by atoms with E-state index in [0.29, 0.717) is 0 Å². The van der Waals surface area contributed by atoms with Crippen molar-refractivity contribution in [1.82, 2.24) is 19.9 Å². The van der Waals surface area contributed by atoms with E-state index >= 15 is 0 Å². The Morgan fingerprint density at radius 3 is 1.14 bits per heavy atom. The van der Waals surface area contributed by atoms with Crippen LogP contribution in [-0.2, 0) is 11.2 Å². The van der Waals surface area contributed by atoms with Gasteiger partial charge in [-0.15, -0.1) is 0 Å². The first-order valence-electron chi connectivity index (χ1n) is 19.7. The van der Waals surface area contributed by atoms with Crippen LogP contribution in [-0.4, -0.2) is 31.0 Å². The molecule has 0 fully saturated rings. The van der Waals surface area contributed by atoms with Crippen LogP contribution in [0.3, 0.4) is 0 Å². The summed E-state index contributed by atoms with van der Waals surface area (Å²) in [4.78, 5) is 29.4. The van der Waals surface area contributed by atoms with Gasteiger partial charge < -0.3 is 15.1 Å². The maximum absolute atomic E-state index is 10.9. The molecular formula is C51H42N4O2. The zero-order valence-electron chi connectivity index (χ0n) is 31.6. The first-order chi connectivity index (χ1) is 28.1. The molecule has 7 aromatic rings. The van der Waals surface area contributed by atoms with E-state index in [-0.39, 0.29) is 6.42 Å². The van der Waals surface area contributed by atoms with Gasteiger partial charge in [0.15, 0.2) is 0 Å². The summed E-state index contributed by atoms with van der Waals surface area (Å²) in [5.74, 6) is -0.720. The number of H-pyrrole nitrogens is 2. The van der Waals surface area contributed by atoms with Gasteiger partial charge in [-0.3, -0.25) is 4.79 Å².